The minimum Gasteiger partial charge on any atom is -0.237 e. The van der Waals surface area contributed by atoms with Gasteiger partial charge in [0.25, 0.3) is 0 Å². The van der Waals surface area contributed by atoms with Crippen LogP contribution >= 0.6 is 0 Å². The van der Waals surface area contributed by atoms with Gasteiger partial charge in [-0.25, -0.2) is 4.68 Å². The van der Waals surface area contributed by atoms with E-state index in [1.807, 2.05) is 80.1 Å². The van der Waals surface area contributed by atoms with E-state index in [0.29, 0.717) is 0 Å². The van der Waals surface area contributed by atoms with Crippen molar-refractivity contribution in [3.05, 3.63) is 112 Å². The molecule has 3 heteroatoms. The minimum absolute atomic E-state index is 0. The van der Waals surface area contributed by atoms with Crippen LogP contribution in [0.4, 0.5) is 0 Å². The Hall–Kier alpha value is -1.05. The molecule has 0 spiro atoms. The Morgan fingerprint density at radius 3 is 1.86 bits per heavy atom. The zero-order valence-corrected chi connectivity index (χ0v) is 13.1. The molecule has 2 nitrogen and oxygen atoms in total. The second-order valence-electron chi connectivity index (χ2n) is 4.60. The summed E-state index contributed by atoms with van der Waals surface area (Å²) >= 11 is 0. The van der Waals surface area contributed by atoms with Gasteiger partial charge in [-0.15, -0.1) is 0 Å². The molecule has 10 radical (unpaired) electrons. The van der Waals surface area contributed by atoms with Crippen LogP contribution in [0.25, 0.3) is 5.69 Å². The first-order valence-corrected chi connectivity index (χ1v) is 6.93. The Labute approximate surface area is 144 Å². The fourth-order valence-corrected chi connectivity index (χ4v) is 2.16. The summed E-state index contributed by atoms with van der Waals surface area (Å²) in [5, 5.41) is 4.36. The van der Waals surface area contributed by atoms with Crippen LogP contribution in [0.3, 0.4) is 0 Å². The molecule has 22 heavy (non-hydrogen) atoms. The third-order valence-corrected chi connectivity index (χ3v) is 3.16. The predicted octanol–water partition coefficient (Wildman–Crippen LogP) is 3.64. The van der Waals surface area contributed by atoms with Crippen LogP contribution in [0.1, 0.15) is 5.69 Å². The average molecular weight is 328 g/mol. The number of aromatic nitrogens is 2. The van der Waals surface area contributed by atoms with Crippen LogP contribution in [0.15, 0.2) is 42.6 Å². The Morgan fingerprint density at radius 2 is 1.27 bits per heavy atom. The molecule has 1 aromatic carbocycles. The van der Waals surface area contributed by atoms with E-state index in [4.69, 9.17) is 0 Å². The van der Waals surface area contributed by atoms with Gasteiger partial charge in [-0.05, 0) is 76.0 Å². The van der Waals surface area contributed by atoms with Gasteiger partial charge in [-0.2, -0.15) is 5.10 Å². The second kappa shape index (κ2) is 9.17. The van der Waals surface area contributed by atoms with Gasteiger partial charge in [0.15, 0.2) is 0 Å². The van der Waals surface area contributed by atoms with Gasteiger partial charge < -0.3 is 0 Å². The normalized spacial score (nSPS) is 17.6. The monoisotopic (exact) mass is 328 g/mol. The summed E-state index contributed by atoms with van der Waals surface area (Å²) in [4.78, 5) is 0. The summed E-state index contributed by atoms with van der Waals surface area (Å²) in [5.74, 6) is 1.20. The van der Waals surface area contributed by atoms with Gasteiger partial charge in [-0.3, -0.25) is 0 Å². The molecular weight excluding hydrogens is 312 g/mol. The maximum Gasteiger partial charge on any atom is 2.00 e. The SMILES string of the molecule is [CH]1[CH][CH][CH][CH]1.[CH]1[CH][CH][C](c2ccnn2-c2ccccc2)[CH]1.[Fe+2]. The summed E-state index contributed by atoms with van der Waals surface area (Å²) in [7, 11) is 0. The van der Waals surface area contributed by atoms with Crippen LogP contribution in [-0.2, 0) is 17.1 Å². The standard InChI is InChI=1S/C14H11N2.C5H5.Fe/c1-2-8-13(9-3-1)16-14(10-11-15-16)12-6-4-5-7-12;1-2-4-5-3-1;/h1-11H;1-5H;/q;;+2. The van der Waals surface area contributed by atoms with Gasteiger partial charge in [0.2, 0.25) is 0 Å². The van der Waals surface area contributed by atoms with E-state index >= 15 is 0 Å². The number of nitrogens with zero attached hydrogens (tertiary/aromatic N) is 2. The fraction of sp³-hybridized carbons (Fsp3) is 0. The zero-order chi connectivity index (χ0) is 14.3. The van der Waals surface area contributed by atoms with Crippen LogP contribution in [0, 0.1) is 63.7 Å². The first-order valence-electron chi connectivity index (χ1n) is 6.93. The average Bonchev–Trinajstić information content (AvgIpc) is 3.29. The second-order valence-corrected chi connectivity index (χ2v) is 4.60. The Morgan fingerprint density at radius 1 is 0.682 bits per heavy atom. The van der Waals surface area contributed by atoms with Crippen molar-refractivity contribution in [1.29, 1.82) is 0 Å². The minimum atomic E-state index is 0. The molecule has 2 aliphatic rings. The van der Waals surface area contributed by atoms with Crippen LogP contribution in [0.5, 0.6) is 0 Å². The van der Waals surface area contributed by atoms with Gasteiger partial charge in [0.1, 0.15) is 0 Å². The third kappa shape index (κ3) is 4.47. The van der Waals surface area contributed by atoms with Crippen molar-refractivity contribution in [2.24, 2.45) is 0 Å². The van der Waals surface area contributed by atoms with E-state index in [0.717, 1.165) is 11.4 Å². The Bertz CT molecular complexity index is 518. The maximum absolute atomic E-state index is 4.36. The molecule has 0 amide bonds. The first-order chi connectivity index (χ1) is 10.4. The van der Waals surface area contributed by atoms with Crippen molar-refractivity contribution < 1.29 is 17.1 Å². The van der Waals surface area contributed by atoms with Gasteiger partial charge in [-0.1, -0.05) is 18.2 Å². The molecule has 0 saturated heterocycles. The largest absolute Gasteiger partial charge is 2.00 e. The number of rotatable bonds is 2. The molecular formula is C19H16FeN2+2. The van der Waals surface area contributed by atoms with Gasteiger partial charge in [0.05, 0.1) is 11.4 Å². The topological polar surface area (TPSA) is 17.8 Å². The molecule has 1 aromatic heterocycles. The summed E-state index contributed by atoms with van der Waals surface area (Å²) < 4.78 is 1.95. The van der Waals surface area contributed by atoms with Crippen molar-refractivity contribution in [2.45, 2.75) is 0 Å². The number of hydrogen-bond donors (Lipinski definition) is 0. The smallest absolute Gasteiger partial charge is 0.237 e. The zero-order valence-electron chi connectivity index (χ0n) is 12.0. The summed E-state index contributed by atoms with van der Waals surface area (Å²) in [6, 6.07) is 12.2. The molecule has 1 heterocycles. The van der Waals surface area contributed by atoms with Crippen molar-refractivity contribution >= 4 is 0 Å². The van der Waals surface area contributed by atoms with Crippen molar-refractivity contribution in [3.8, 4) is 5.69 Å². The molecule has 0 bridgehead atoms. The van der Waals surface area contributed by atoms with E-state index in [2.05, 4.69) is 30.1 Å². The molecule has 2 aliphatic carbocycles. The summed E-state index contributed by atoms with van der Waals surface area (Å²) in [5.41, 5.74) is 2.21. The fourth-order valence-electron chi connectivity index (χ4n) is 2.16. The van der Waals surface area contributed by atoms with E-state index in [-0.39, 0.29) is 17.1 Å². The first kappa shape index (κ1) is 17.3. The quantitative estimate of drug-likeness (QED) is 0.770. The summed E-state index contributed by atoms with van der Waals surface area (Å²) in [6.07, 6.45) is 20.1. The molecule has 0 N–H and O–H groups in total. The molecule has 0 unspecified atom stereocenters. The predicted molar refractivity (Wildman–Crippen MR) is 84.6 cm³/mol. The molecule has 2 fully saturated rings. The van der Waals surface area contributed by atoms with E-state index in [1.165, 1.54) is 5.92 Å². The van der Waals surface area contributed by atoms with E-state index < -0.39 is 0 Å². The molecule has 0 aliphatic heterocycles. The number of hydrogen-bond acceptors (Lipinski definition) is 1. The molecule has 2 aromatic rings. The number of para-hydroxylation sites is 1. The van der Waals surface area contributed by atoms with E-state index in [9.17, 15) is 0 Å². The van der Waals surface area contributed by atoms with Gasteiger partial charge >= 0.3 is 17.1 Å². The van der Waals surface area contributed by atoms with Crippen molar-refractivity contribution in [3.63, 3.8) is 0 Å². The van der Waals surface area contributed by atoms with Crippen LogP contribution in [-0.4, -0.2) is 9.78 Å². The van der Waals surface area contributed by atoms with Crippen molar-refractivity contribution in [2.75, 3.05) is 0 Å². The van der Waals surface area contributed by atoms with Crippen molar-refractivity contribution in [1.82, 2.24) is 9.78 Å². The van der Waals surface area contributed by atoms with Gasteiger partial charge in [0, 0.05) is 12.1 Å². The van der Waals surface area contributed by atoms with Crippen LogP contribution in [0.2, 0.25) is 0 Å². The molecule has 4 rings (SSSR count). The maximum atomic E-state index is 4.36. The van der Waals surface area contributed by atoms with E-state index in [1.54, 1.807) is 0 Å². The Kier molecular flexibility index (Phi) is 7.21. The molecule has 0 atom stereocenters. The Balaban J connectivity index is 0.000000253. The number of benzene rings is 1. The summed E-state index contributed by atoms with van der Waals surface area (Å²) in [6.45, 7) is 0. The van der Waals surface area contributed by atoms with Crippen LogP contribution < -0.4 is 0 Å². The molecule has 108 valence electrons. The molecule has 2 saturated carbocycles. The third-order valence-electron chi connectivity index (χ3n) is 3.16.